The standard InChI is InChI=1S/C17H22N2O5/c1-24-17(23)12-5-7-13(8-6-12)18-15(21)16(22)19-10-3-2-4-14(19)9-11-20/h5-8,14,20H,2-4,9-11H2,1H3,(H,18,21). The molecule has 0 radical (unpaired) electrons. The minimum absolute atomic E-state index is 0.00887. The fourth-order valence-corrected chi connectivity index (χ4v) is 2.84. The zero-order valence-corrected chi connectivity index (χ0v) is 13.7. The molecule has 1 aliphatic heterocycles. The van der Waals surface area contributed by atoms with Crippen LogP contribution in [-0.2, 0) is 14.3 Å². The van der Waals surface area contributed by atoms with E-state index in [2.05, 4.69) is 10.1 Å². The lowest BCUT2D eigenvalue weighted by Crippen LogP contribution is -2.48. The van der Waals surface area contributed by atoms with Crippen molar-refractivity contribution < 1.29 is 24.2 Å². The molecule has 1 saturated heterocycles. The number of carbonyl (C=O) groups is 3. The van der Waals surface area contributed by atoms with Crippen LogP contribution in [-0.4, -0.2) is 54.1 Å². The second kappa shape index (κ2) is 8.44. The minimum atomic E-state index is -0.717. The van der Waals surface area contributed by atoms with Gasteiger partial charge in [0.2, 0.25) is 0 Å². The predicted molar refractivity (Wildman–Crippen MR) is 87.5 cm³/mol. The van der Waals surface area contributed by atoms with E-state index < -0.39 is 17.8 Å². The molecule has 2 N–H and O–H groups in total. The SMILES string of the molecule is COC(=O)c1ccc(NC(=O)C(=O)N2CCCCC2CCO)cc1. The van der Waals surface area contributed by atoms with Crippen LogP contribution in [0.2, 0.25) is 0 Å². The van der Waals surface area contributed by atoms with Crippen molar-refractivity contribution in [3.05, 3.63) is 29.8 Å². The fourth-order valence-electron chi connectivity index (χ4n) is 2.84. The molecule has 130 valence electrons. The Morgan fingerprint density at radius 3 is 2.58 bits per heavy atom. The number of likely N-dealkylation sites (tertiary alicyclic amines) is 1. The average Bonchev–Trinajstić information content (AvgIpc) is 2.62. The van der Waals surface area contributed by atoms with Crippen LogP contribution in [0.1, 0.15) is 36.0 Å². The van der Waals surface area contributed by atoms with E-state index in [1.165, 1.54) is 24.1 Å². The fraction of sp³-hybridized carbons (Fsp3) is 0.471. The number of nitrogens with one attached hydrogen (secondary N) is 1. The van der Waals surface area contributed by atoms with Crippen LogP contribution in [0.3, 0.4) is 0 Å². The van der Waals surface area contributed by atoms with Gasteiger partial charge in [-0.05, 0) is 49.9 Å². The highest BCUT2D eigenvalue weighted by Crippen LogP contribution is 2.20. The van der Waals surface area contributed by atoms with Crippen molar-refractivity contribution in [2.45, 2.75) is 31.7 Å². The van der Waals surface area contributed by atoms with E-state index in [9.17, 15) is 14.4 Å². The van der Waals surface area contributed by atoms with Gasteiger partial charge in [-0.2, -0.15) is 0 Å². The van der Waals surface area contributed by atoms with Gasteiger partial charge in [0.05, 0.1) is 12.7 Å². The number of esters is 1. The number of aliphatic hydroxyl groups excluding tert-OH is 1. The minimum Gasteiger partial charge on any atom is -0.465 e. The molecular weight excluding hydrogens is 312 g/mol. The molecular formula is C17H22N2O5. The molecule has 24 heavy (non-hydrogen) atoms. The highest BCUT2D eigenvalue weighted by molar-refractivity contribution is 6.39. The van der Waals surface area contributed by atoms with Crippen LogP contribution in [0.4, 0.5) is 5.69 Å². The van der Waals surface area contributed by atoms with E-state index in [1.807, 2.05) is 0 Å². The zero-order valence-electron chi connectivity index (χ0n) is 13.7. The first-order valence-corrected chi connectivity index (χ1v) is 7.98. The van der Waals surface area contributed by atoms with E-state index in [-0.39, 0.29) is 12.6 Å². The van der Waals surface area contributed by atoms with Gasteiger partial charge in [-0.1, -0.05) is 0 Å². The third kappa shape index (κ3) is 4.32. The third-order valence-electron chi connectivity index (χ3n) is 4.11. The molecule has 0 aromatic heterocycles. The van der Waals surface area contributed by atoms with E-state index >= 15 is 0 Å². The molecule has 1 aromatic carbocycles. The second-order valence-electron chi connectivity index (χ2n) is 5.68. The van der Waals surface area contributed by atoms with Crippen molar-refractivity contribution in [2.75, 3.05) is 25.6 Å². The summed E-state index contributed by atoms with van der Waals surface area (Å²) >= 11 is 0. The van der Waals surface area contributed by atoms with Gasteiger partial charge in [-0.15, -0.1) is 0 Å². The van der Waals surface area contributed by atoms with E-state index in [1.54, 1.807) is 12.1 Å². The third-order valence-corrected chi connectivity index (χ3v) is 4.11. The first-order valence-electron chi connectivity index (χ1n) is 7.98. The quantitative estimate of drug-likeness (QED) is 0.637. The summed E-state index contributed by atoms with van der Waals surface area (Å²) in [5.41, 5.74) is 0.789. The van der Waals surface area contributed by atoms with Crippen molar-refractivity contribution in [3.8, 4) is 0 Å². The number of piperidine rings is 1. The van der Waals surface area contributed by atoms with Gasteiger partial charge < -0.3 is 20.1 Å². The molecule has 0 bridgehead atoms. The van der Waals surface area contributed by atoms with Gasteiger partial charge in [0.1, 0.15) is 0 Å². The Morgan fingerprint density at radius 2 is 1.96 bits per heavy atom. The summed E-state index contributed by atoms with van der Waals surface area (Å²) in [7, 11) is 1.29. The highest BCUT2D eigenvalue weighted by atomic mass is 16.5. The summed E-state index contributed by atoms with van der Waals surface area (Å²) < 4.78 is 4.60. The Kier molecular flexibility index (Phi) is 6.31. The highest BCUT2D eigenvalue weighted by Gasteiger charge is 2.30. The molecule has 1 unspecified atom stereocenters. The van der Waals surface area contributed by atoms with Crippen molar-refractivity contribution in [1.29, 1.82) is 0 Å². The number of hydrogen-bond acceptors (Lipinski definition) is 5. The molecule has 0 saturated carbocycles. The molecule has 7 heteroatoms. The molecule has 1 fully saturated rings. The molecule has 1 heterocycles. The molecule has 2 amide bonds. The number of rotatable bonds is 4. The zero-order chi connectivity index (χ0) is 17.5. The van der Waals surface area contributed by atoms with Crippen LogP contribution in [0, 0.1) is 0 Å². The number of hydrogen-bond donors (Lipinski definition) is 2. The van der Waals surface area contributed by atoms with Gasteiger partial charge in [-0.25, -0.2) is 4.79 Å². The molecule has 1 aliphatic rings. The van der Waals surface area contributed by atoms with Crippen LogP contribution < -0.4 is 5.32 Å². The smallest absolute Gasteiger partial charge is 0.337 e. The van der Waals surface area contributed by atoms with E-state index in [0.717, 1.165) is 19.3 Å². The van der Waals surface area contributed by atoms with E-state index in [4.69, 9.17) is 5.11 Å². The van der Waals surface area contributed by atoms with Gasteiger partial charge in [0, 0.05) is 24.9 Å². The maximum atomic E-state index is 12.4. The lowest BCUT2D eigenvalue weighted by molar-refractivity contribution is -0.146. The Balaban J connectivity index is 2.00. The normalized spacial score (nSPS) is 17.2. The summed E-state index contributed by atoms with van der Waals surface area (Å²) in [6.07, 6.45) is 3.13. The summed E-state index contributed by atoms with van der Waals surface area (Å²) in [5, 5.41) is 11.6. The maximum Gasteiger partial charge on any atom is 0.337 e. The Morgan fingerprint density at radius 1 is 1.25 bits per heavy atom. The summed E-state index contributed by atoms with van der Waals surface area (Å²) in [6.45, 7) is 0.517. The lowest BCUT2D eigenvalue weighted by atomic mass is 9.99. The number of amides is 2. The molecule has 1 aromatic rings. The molecule has 0 aliphatic carbocycles. The van der Waals surface area contributed by atoms with Crippen molar-refractivity contribution in [3.63, 3.8) is 0 Å². The van der Waals surface area contributed by atoms with Crippen molar-refractivity contribution >= 4 is 23.5 Å². The number of nitrogens with zero attached hydrogens (tertiary/aromatic N) is 1. The molecule has 0 spiro atoms. The second-order valence-corrected chi connectivity index (χ2v) is 5.68. The Labute approximate surface area is 140 Å². The summed E-state index contributed by atoms with van der Waals surface area (Å²) in [4.78, 5) is 37.5. The van der Waals surface area contributed by atoms with Crippen LogP contribution in [0.5, 0.6) is 0 Å². The Hall–Kier alpha value is -2.41. The van der Waals surface area contributed by atoms with E-state index in [0.29, 0.717) is 24.2 Å². The maximum absolute atomic E-state index is 12.4. The topological polar surface area (TPSA) is 95.9 Å². The summed E-state index contributed by atoms with van der Waals surface area (Å²) in [5.74, 6) is -1.78. The van der Waals surface area contributed by atoms with Gasteiger partial charge >= 0.3 is 17.8 Å². The molecule has 2 rings (SSSR count). The number of benzene rings is 1. The van der Waals surface area contributed by atoms with Crippen LogP contribution in [0.25, 0.3) is 0 Å². The first-order chi connectivity index (χ1) is 11.6. The summed E-state index contributed by atoms with van der Waals surface area (Å²) in [6, 6.07) is 6.02. The largest absolute Gasteiger partial charge is 0.465 e. The molecule has 7 nitrogen and oxygen atoms in total. The number of ether oxygens (including phenoxy) is 1. The Bertz CT molecular complexity index is 598. The monoisotopic (exact) mass is 334 g/mol. The van der Waals surface area contributed by atoms with Gasteiger partial charge in [-0.3, -0.25) is 9.59 Å². The lowest BCUT2D eigenvalue weighted by Gasteiger charge is -2.35. The average molecular weight is 334 g/mol. The predicted octanol–water partition coefficient (Wildman–Crippen LogP) is 1.18. The van der Waals surface area contributed by atoms with Crippen LogP contribution >= 0.6 is 0 Å². The number of carbonyl (C=O) groups excluding carboxylic acids is 3. The number of methoxy groups -OCH3 is 1. The van der Waals surface area contributed by atoms with Gasteiger partial charge in [0.15, 0.2) is 0 Å². The number of aliphatic hydroxyl groups is 1. The number of anilines is 1. The van der Waals surface area contributed by atoms with Crippen LogP contribution in [0.15, 0.2) is 24.3 Å². The van der Waals surface area contributed by atoms with Crippen molar-refractivity contribution in [2.24, 2.45) is 0 Å². The first kappa shape index (κ1) is 17.9. The van der Waals surface area contributed by atoms with Crippen molar-refractivity contribution in [1.82, 2.24) is 4.90 Å². The molecule has 1 atom stereocenters. The van der Waals surface area contributed by atoms with Gasteiger partial charge in [0.25, 0.3) is 0 Å².